The Bertz CT molecular complexity index is 732. The molecule has 1 saturated heterocycles. The van der Waals surface area contributed by atoms with Crippen LogP contribution in [-0.2, 0) is 0 Å². The van der Waals surface area contributed by atoms with Crippen LogP contribution < -0.4 is 4.90 Å². The zero-order valence-electron chi connectivity index (χ0n) is 12.9. The van der Waals surface area contributed by atoms with Crippen molar-refractivity contribution in [1.29, 1.82) is 0 Å². The number of rotatable bonds is 2. The predicted molar refractivity (Wildman–Crippen MR) is 92.1 cm³/mol. The summed E-state index contributed by atoms with van der Waals surface area (Å²) >= 11 is 0. The van der Waals surface area contributed by atoms with Crippen LogP contribution in [0, 0.1) is 5.92 Å². The Morgan fingerprint density at radius 2 is 1.73 bits per heavy atom. The van der Waals surface area contributed by atoms with Crippen LogP contribution in [0.5, 0.6) is 0 Å². The summed E-state index contributed by atoms with van der Waals surface area (Å²) in [6, 6.07) is 16.9. The summed E-state index contributed by atoms with van der Waals surface area (Å²) in [4.78, 5) is 10.5. The van der Waals surface area contributed by atoms with Gasteiger partial charge < -0.3 is 9.88 Å². The van der Waals surface area contributed by atoms with Gasteiger partial charge in [0, 0.05) is 24.3 Å². The molecule has 0 aliphatic carbocycles. The molecule has 1 aromatic heterocycles. The number of nitrogens with one attached hydrogen (secondary N) is 1. The molecule has 0 spiro atoms. The first-order valence-electron chi connectivity index (χ1n) is 8.10. The van der Waals surface area contributed by atoms with E-state index in [4.69, 9.17) is 0 Å². The van der Waals surface area contributed by atoms with Crippen molar-refractivity contribution in [2.45, 2.75) is 19.8 Å². The maximum absolute atomic E-state index is 4.67. The molecular formula is C19H21N3. The molecule has 2 heterocycles. The predicted octanol–water partition coefficient (Wildman–Crippen LogP) is 4.47. The molecule has 112 valence electrons. The molecule has 1 aliphatic heterocycles. The Morgan fingerprint density at radius 3 is 2.45 bits per heavy atom. The van der Waals surface area contributed by atoms with Crippen molar-refractivity contribution in [3.8, 4) is 11.4 Å². The standard InChI is InChI=1S/C19H21N3/c1-14-10-12-22(13-11-14)16-8-6-15(7-9-16)19-20-17-4-2-3-5-18(17)21-19/h2-9,14H,10-13H2,1H3,(H,20,21). The molecule has 0 atom stereocenters. The highest BCUT2D eigenvalue weighted by atomic mass is 15.1. The van der Waals surface area contributed by atoms with E-state index >= 15 is 0 Å². The number of hydrogen-bond acceptors (Lipinski definition) is 2. The van der Waals surface area contributed by atoms with E-state index in [0.29, 0.717) is 0 Å². The summed E-state index contributed by atoms with van der Waals surface area (Å²) < 4.78 is 0. The molecule has 1 fully saturated rings. The lowest BCUT2D eigenvalue weighted by atomic mass is 9.98. The van der Waals surface area contributed by atoms with E-state index < -0.39 is 0 Å². The molecule has 4 rings (SSSR count). The van der Waals surface area contributed by atoms with Crippen LogP contribution in [0.25, 0.3) is 22.4 Å². The second-order valence-corrected chi connectivity index (χ2v) is 6.32. The zero-order valence-corrected chi connectivity index (χ0v) is 12.9. The van der Waals surface area contributed by atoms with Crippen LogP contribution in [0.2, 0.25) is 0 Å². The molecule has 0 bridgehead atoms. The maximum atomic E-state index is 4.67. The van der Waals surface area contributed by atoms with Crippen LogP contribution >= 0.6 is 0 Å². The molecule has 0 unspecified atom stereocenters. The van der Waals surface area contributed by atoms with Gasteiger partial charge in [-0.15, -0.1) is 0 Å². The lowest BCUT2D eigenvalue weighted by Gasteiger charge is -2.32. The van der Waals surface area contributed by atoms with E-state index in [1.165, 1.54) is 31.6 Å². The van der Waals surface area contributed by atoms with Gasteiger partial charge in [0.15, 0.2) is 0 Å². The third kappa shape index (κ3) is 2.47. The van der Waals surface area contributed by atoms with Crippen molar-refractivity contribution in [3.05, 3.63) is 48.5 Å². The number of piperidine rings is 1. The fourth-order valence-corrected chi connectivity index (χ4v) is 3.19. The number of aromatic nitrogens is 2. The topological polar surface area (TPSA) is 31.9 Å². The lowest BCUT2D eigenvalue weighted by molar-refractivity contribution is 0.438. The molecule has 3 heteroatoms. The number of aromatic amines is 1. The minimum absolute atomic E-state index is 0.867. The lowest BCUT2D eigenvalue weighted by Crippen LogP contribution is -2.32. The number of fused-ring (bicyclic) bond motifs is 1. The van der Waals surface area contributed by atoms with Crippen LogP contribution in [-0.4, -0.2) is 23.1 Å². The summed E-state index contributed by atoms with van der Waals surface area (Å²) in [7, 11) is 0. The number of anilines is 1. The highest BCUT2D eigenvalue weighted by Gasteiger charge is 2.16. The fraction of sp³-hybridized carbons (Fsp3) is 0.316. The average molecular weight is 291 g/mol. The Morgan fingerprint density at radius 1 is 1.00 bits per heavy atom. The molecule has 22 heavy (non-hydrogen) atoms. The minimum atomic E-state index is 0.867. The Hall–Kier alpha value is -2.29. The monoisotopic (exact) mass is 291 g/mol. The van der Waals surface area contributed by atoms with Crippen molar-refractivity contribution in [1.82, 2.24) is 9.97 Å². The highest BCUT2D eigenvalue weighted by molar-refractivity contribution is 5.79. The first-order chi connectivity index (χ1) is 10.8. The molecule has 0 radical (unpaired) electrons. The highest BCUT2D eigenvalue weighted by Crippen LogP contribution is 2.26. The quantitative estimate of drug-likeness (QED) is 0.755. The number of nitrogens with zero attached hydrogens (tertiary/aromatic N) is 2. The maximum Gasteiger partial charge on any atom is 0.138 e. The molecule has 0 saturated carbocycles. The number of H-pyrrole nitrogens is 1. The zero-order chi connectivity index (χ0) is 14.9. The second-order valence-electron chi connectivity index (χ2n) is 6.32. The van der Waals surface area contributed by atoms with E-state index in [9.17, 15) is 0 Å². The number of benzene rings is 2. The van der Waals surface area contributed by atoms with Gasteiger partial charge in [-0.2, -0.15) is 0 Å². The van der Waals surface area contributed by atoms with Crippen molar-refractivity contribution in [2.24, 2.45) is 5.92 Å². The van der Waals surface area contributed by atoms with E-state index in [1.807, 2.05) is 18.2 Å². The smallest absolute Gasteiger partial charge is 0.138 e. The van der Waals surface area contributed by atoms with Gasteiger partial charge in [-0.3, -0.25) is 0 Å². The third-order valence-electron chi connectivity index (χ3n) is 4.68. The van der Waals surface area contributed by atoms with Gasteiger partial charge in [-0.05, 0) is 55.2 Å². The first-order valence-corrected chi connectivity index (χ1v) is 8.10. The van der Waals surface area contributed by atoms with Gasteiger partial charge in [-0.1, -0.05) is 19.1 Å². The van der Waals surface area contributed by atoms with E-state index in [0.717, 1.165) is 28.3 Å². The molecule has 0 amide bonds. The Labute approximate surface area is 131 Å². The molecule has 3 nitrogen and oxygen atoms in total. The van der Waals surface area contributed by atoms with Crippen molar-refractivity contribution < 1.29 is 0 Å². The summed E-state index contributed by atoms with van der Waals surface area (Å²) in [6.07, 6.45) is 2.59. The van der Waals surface area contributed by atoms with Crippen LogP contribution in [0.1, 0.15) is 19.8 Å². The summed E-state index contributed by atoms with van der Waals surface area (Å²) in [5, 5.41) is 0. The SMILES string of the molecule is CC1CCN(c2ccc(-c3nc4ccccc4[nH]3)cc2)CC1. The van der Waals surface area contributed by atoms with Gasteiger partial charge in [0.1, 0.15) is 5.82 Å². The van der Waals surface area contributed by atoms with Crippen LogP contribution in [0.4, 0.5) is 5.69 Å². The van der Waals surface area contributed by atoms with E-state index in [2.05, 4.69) is 52.1 Å². The molecule has 1 aliphatic rings. The second kappa shape index (κ2) is 5.48. The van der Waals surface area contributed by atoms with Crippen LogP contribution in [0.15, 0.2) is 48.5 Å². The average Bonchev–Trinajstić information content (AvgIpc) is 3.00. The van der Waals surface area contributed by atoms with Gasteiger partial charge in [0.2, 0.25) is 0 Å². The largest absolute Gasteiger partial charge is 0.372 e. The molecule has 3 aromatic rings. The summed E-state index contributed by atoms with van der Waals surface area (Å²) in [6.45, 7) is 4.69. The Balaban J connectivity index is 1.58. The van der Waals surface area contributed by atoms with E-state index in [1.54, 1.807) is 0 Å². The van der Waals surface area contributed by atoms with E-state index in [-0.39, 0.29) is 0 Å². The van der Waals surface area contributed by atoms with Crippen molar-refractivity contribution >= 4 is 16.7 Å². The first kappa shape index (κ1) is 13.4. The normalized spacial score (nSPS) is 16.3. The molecular weight excluding hydrogens is 270 g/mol. The van der Waals surface area contributed by atoms with Gasteiger partial charge in [0.25, 0.3) is 0 Å². The minimum Gasteiger partial charge on any atom is -0.372 e. The van der Waals surface area contributed by atoms with Gasteiger partial charge in [0.05, 0.1) is 11.0 Å². The Kier molecular flexibility index (Phi) is 3.34. The van der Waals surface area contributed by atoms with Gasteiger partial charge >= 0.3 is 0 Å². The van der Waals surface area contributed by atoms with Crippen molar-refractivity contribution in [2.75, 3.05) is 18.0 Å². The molecule has 2 aromatic carbocycles. The molecule has 1 N–H and O–H groups in total. The summed E-state index contributed by atoms with van der Waals surface area (Å²) in [5.74, 6) is 1.81. The van der Waals surface area contributed by atoms with Crippen molar-refractivity contribution in [3.63, 3.8) is 0 Å². The van der Waals surface area contributed by atoms with Crippen LogP contribution in [0.3, 0.4) is 0 Å². The van der Waals surface area contributed by atoms with Gasteiger partial charge in [-0.25, -0.2) is 4.98 Å². The number of hydrogen-bond donors (Lipinski definition) is 1. The summed E-state index contributed by atoms with van der Waals surface area (Å²) in [5.41, 5.74) is 4.58. The number of para-hydroxylation sites is 2. The number of imidazole rings is 1. The fourth-order valence-electron chi connectivity index (χ4n) is 3.19. The third-order valence-corrected chi connectivity index (χ3v) is 4.68.